The monoisotopic (exact) mass is 278 g/mol. The minimum Gasteiger partial charge on any atom is -0.481 e. The summed E-state index contributed by atoms with van der Waals surface area (Å²) in [4.78, 5) is 10.9. The fourth-order valence-electron chi connectivity index (χ4n) is 2.10. The van der Waals surface area contributed by atoms with E-state index < -0.39 is 5.97 Å². The Hall–Kier alpha value is -2.31. The van der Waals surface area contributed by atoms with Gasteiger partial charge in [0.05, 0.1) is 12.5 Å². The topological polar surface area (TPSA) is 80.9 Å². The van der Waals surface area contributed by atoms with Crippen LogP contribution in [0.4, 0.5) is 4.39 Å². The number of hydrogen-bond donors (Lipinski definition) is 1. The van der Waals surface area contributed by atoms with Crippen LogP contribution in [0.2, 0.25) is 0 Å². The van der Waals surface area contributed by atoms with Crippen LogP contribution in [0, 0.1) is 12.7 Å². The molecular formula is C13H15FN4O2. The molecule has 20 heavy (non-hydrogen) atoms. The molecule has 0 saturated heterocycles. The van der Waals surface area contributed by atoms with E-state index in [9.17, 15) is 9.18 Å². The number of aliphatic carboxylic acids is 1. The molecule has 0 fully saturated rings. The average molecular weight is 278 g/mol. The summed E-state index contributed by atoms with van der Waals surface area (Å²) >= 11 is 0. The lowest BCUT2D eigenvalue weighted by atomic mass is 10.1. The van der Waals surface area contributed by atoms with Crippen molar-refractivity contribution in [2.24, 2.45) is 0 Å². The highest BCUT2D eigenvalue weighted by atomic mass is 19.1. The molecule has 1 aromatic carbocycles. The van der Waals surface area contributed by atoms with Crippen LogP contribution in [-0.2, 0) is 4.79 Å². The third kappa shape index (κ3) is 2.98. The summed E-state index contributed by atoms with van der Waals surface area (Å²) in [7, 11) is 0. The van der Waals surface area contributed by atoms with Crippen molar-refractivity contribution in [2.45, 2.75) is 32.7 Å². The molecule has 1 heterocycles. The summed E-state index contributed by atoms with van der Waals surface area (Å²) < 4.78 is 14.9. The first kappa shape index (κ1) is 14.1. The molecule has 1 N–H and O–H groups in total. The highest BCUT2D eigenvalue weighted by molar-refractivity contribution is 5.67. The first-order valence-corrected chi connectivity index (χ1v) is 6.28. The molecule has 1 aromatic heterocycles. The van der Waals surface area contributed by atoms with Crippen molar-refractivity contribution in [3.8, 4) is 11.4 Å². The van der Waals surface area contributed by atoms with E-state index in [0.717, 1.165) is 5.56 Å². The number of hydrogen-bond acceptors (Lipinski definition) is 4. The van der Waals surface area contributed by atoms with E-state index in [1.807, 2.05) is 6.92 Å². The van der Waals surface area contributed by atoms with Crippen molar-refractivity contribution in [1.29, 1.82) is 0 Å². The molecule has 0 aliphatic carbocycles. The number of carboxylic acids is 1. The van der Waals surface area contributed by atoms with Crippen LogP contribution in [0.25, 0.3) is 11.4 Å². The Morgan fingerprint density at radius 2 is 2.20 bits per heavy atom. The molecule has 0 amide bonds. The molecule has 106 valence electrons. The summed E-state index contributed by atoms with van der Waals surface area (Å²) in [6.07, 6.45) is 0.488. The van der Waals surface area contributed by atoms with Gasteiger partial charge in [0, 0.05) is 5.56 Å². The molecule has 1 atom stereocenters. The highest BCUT2D eigenvalue weighted by Gasteiger charge is 2.20. The molecule has 0 radical (unpaired) electrons. The first-order valence-electron chi connectivity index (χ1n) is 6.28. The first-order chi connectivity index (χ1) is 9.51. The van der Waals surface area contributed by atoms with E-state index in [2.05, 4.69) is 15.5 Å². The fourth-order valence-corrected chi connectivity index (χ4v) is 2.10. The van der Waals surface area contributed by atoms with Gasteiger partial charge >= 0.3 is 5.97 Å². The molecule has 0 saturated carbocycles. The van der Waals surface area contributed by atoms with Crippen LogP contribution in [-0.4, -0.2) is 31.3 Å². The summed E-state index contributed by atoms with van der Waals surface area (Å²) in [5.74, 6) is -0.921. The zero-order chi connectivity index (χ0) is 14.7. The molecular weight excluding hydrogens is 263 g/mol. The minimum atomic E-state index is -0.922. The van der Waals surface area contributed by atoms with E-state index in [-0.39, 0.29) is 18.3 Å². The number of tetrazole rings is 1. The van der Waals surface area contributed by atoms with Gasteiger partial charge in [0.1, 0.15) is 5.82 Å². The number of benzene rings is 1. The summed E-state index contributed by atoms with van der Waals surface area (Å²) in [5.41, 5.74) is 1.29. The second kappa shape index (κ2) is 5.77. The fraction of sp³-hybridized carbons (Fsp3) is 0.385. The van der Waals surface area contributed by atoms with Crippen molar-refractivity contribution in [2.75, 3.05) is 0 Å². The van der Waals surface area contributed by atoms with Crippen molar-refractivity contribution in [3.63, 3.8) is 0 Å². The van der Waals surface area contributed by atoms with E-state index >= 15 is 0 Å². The molecule has 2 aromatic rings. The molecule has 0 spiro atoms. The van der Waals surface area contributed by atoms with Crippen molar-refractivity contribution in [3.05, 3.63) is 29.6 Å². The van der Waals surface area contributed by atoms with Crippen LogP contribution in [0.15, 0.2) is 18.2 Å². The van der Waals surface area contributed by atoms with Gasteiger partial charge in [-0.3, -0.25) is 4.79 Å². The largest absolute Gasteiger partial charge is 0.481 e. The molecule has 0 aliphatic heterocycles. The smallest absolute Gasteiger partial charge is 0.305 e. The Kier molecular flexibility index (Phi) is 4.07. The number of rotatable bonds is 5. The summed E-state index contributed by atoms with van der Waals surface area (Å²) in [5, 5.41) is 20.2. The van der Waals surface area contributed by atoms with Crippen molar-refractivity contribution < 1.29 is 14.3 Å². The second-order valence-electron chi connectivity index (χ2n) is 4.62. The van der Waals surface area contributed by atoms with Crippen molar-refractivity contribution in [1.82, 2.24) is 20.2 Å². The van der Waals surface area contributed by atoms with Gasteiger partial charge in [0.25, 0.3) is 0 Å². The maximum Gasteiger partial charge on any atom is 0.305 e. The normalized spacial score (nSPS) is 12.3. The Labute approximate surface area is 115 Å². The van der Waals surface area contributed by atoms with Crippen LogP contribution < -0.4 is 0 Å². The van der Waals surface area contributed by atoms with Gasteiger partial charge in [-0.25, -0.2) is 9.07 Å². The Morgan fingerprint density at radius 1 is 1.45 bits per heavy atom. The third-order valence-electron chi connectivity index (χ3n) is 3.02. The minimum absolute atomic E-state index is 0.0805. The molecule has 7 heteroatoms. The zero-order valence-electron chi connectivity index (χ0n) is 11.2. The zero-order valence-corrected chi connectivity index (χ0v) is 11.2. The van der Waals surface area contributed by atoms with Crippen LogP contribution >= 0.6 is 0 Å². The third-order valence-corrected chi connectivity index (χ3v) is 3.02. The second-order valence-corrected chi connectivity index (χ2v) is 4.62. The van der Waals surface area contributed by atoms with Crippen LogP contribution in [0.1, 0.15) is 31.4 Å². The predicted octanol–water partition coefficient (Wildman–Crippen LogP) is 2.21. The van der Waals surface area contributed by atoms with Gasteiger partial charge in [-0.2, -0.15) is 0 Å². The number of halogens is 1. The SMILES string of the molecule is CCC(CC(=O)O)n1nnnc1-c1cc(C)cc(F)c1. The number of nitrogens with zero attached hydrogens (tertiary/aromatic N) is 4. The van der Waals surface area contributed by atoms with E-state index in [1.165, 1.54) is 16.8 Å². The van der Waals surface area contributed by atoms with Gasteiger partial charge in [0.15, 0.2) is 5.82 Å². The maximum absolute atomic E-state index is 13.5. The standard InChI is InChI=1S/C13H15FN4O2/c1-3-11(7-12(19)20)18-13(15-16-17-18)9-4-8(2)5-10(14)6-9/h4-6,11H,3,7H2,1-2H3,(H,19,20). The lowest BCUT2D eigenvalue weighted by molar-refractivity contribution is -0.138. The Balaban J connectivity index is 2.43. The van der Waals surface area contributed by atoms with Gasteiger partial charge in [0.2, 0.25) is 0 Å². The van der Waals surface area contributed by atoms with Crippen LogP contribution in [0.3, 0.4) is 0 Å². The molecule has 1 unspecified atom stereocenters. The quantitative estimate of drug-likeness (QED) is 0.906. The van der Waals surface area contributed by atoms with E-state index in [0.29, 0.717) is 17.8 Å². The van der Waals surface area contributed by atoms with Crippen molar-refractivity contribution >= 4 is 5.97 Å². The van der Waals surface area contributed by atoms with E-state index in [1.54, 1.807) is 13.0 Å². The Bertz CT molecular complexity index is 606. The maximum atomic E-state index is 13.5. The number of aryl methyl sites for hydroxylation is 1. The molecule has 2 rings (SSSR count). The number of carbonyl (C=O) groups is 1. The predicted molar refractivity (Wildman–Crippen MR) is 69.5 cm³/mol. The molecule has 0 aliphatic rings. The number of aromatic nitrogens is 4. The number of carboxylic acid groups (broad SMARTS) is 1. The van der Waals surface area contributed by atoms with Crippen LogP contribution in [0.5, 0.6) is 0 Å². The van der Waals surface area contributed by atoms with E-state index in [4.69, 9.17) is 5.11 Å². The highest BCUT2D eigenvalue weighted by Crippen LogP contribution is 2.24. The molecule has 0 bridgehead atoms. The Morgan fingerprint density at radius 3 is 2.80 bits per heavy atom. The molecule has 6 nitrogen and oxygen atoms in total. The summed E-state index contributed by atoms with van der Waals surface area (Å²) in [6.45, 7) is 3.63. The van der Waals surface area contributed by atoms with Gasteiger partial charge in [-0.05, 0) is 47.5 Å². The summed E-state index contributed by atoms with van der Waals surface area (Å²) in [6, 6.07) is 4.15. The van der Waals surface area contributed by atoms with Gasteiger partial charge in [-0.1, -0.05) is 6.92 Å². The lowest BCUT2D eigenvalue weighted by Crippen LogP contribution is -2.15. The van der Waals surface area contributed by atoms with Gasteiger partial charge < -0.3 is 5.11 Å². The average Bonchev–Trinajstić information content (AvgIpc) is 2.83. The van der Waals surface area contributed by atoms with Gasteiger partial charge in [-0.15, -0.1) is 5.10 Å². The lowest BCUT2D eigenvalue weighted by Gasteiger charge is -2.14.